The number of thiazole rings is 1. The van der Waals surface area contributed by atoms with Gasteiger partial charge in [0.15, 0.2) is 10.8 Å². The van der Waals surface area contributed by atoms with Gasteiger partial charge in [0.05, 0.1) is 6.20 Å². The number of imidazole rings is 1. The minimum absolute atomic E-state index is 0.0810. The van der Waals surface area contributed by atoms with Gasteiger partial charge in [-0.2, -0.15) is 13.5 Å². The first kappa shape index (κ1) is 12.9. The molecule has 0 bridgehead atoms. The molecule has 0 aromatic carbocycles. The molecule has 0 amide bonds. The Bertz CT molecular complexity index is 859. The maximum atomic E-state index is 12.6. The van der Waals surface area contributed by atoms with Crippen LogP contribution in [-0.2, 0) is 17.1 Å². The molecule has 20 heavy (non-hydrogen) atoms. The molecular weight excluding hydrogens is 300 g/mol. The number of hydrogen-bond acceptors (Lipinski definition) is 6. The normalized spacial score (nSPS) is 11.9. The maximum Gasteiger partial charge on any atom is 0.282 e. The molecule has 3 aromatic rings. The predicted molar refractivity (Wildman–Crippen MR) is 76.6 cm³/mol. The first-order valence-corrected chi connectivity index (χ1v) is 8.03. The standard InChI is InChI=1S/C10H12N6O2S2/c1-11-8-9(16-5-6-19-10(16)13-8)20(17,18)14-7-3-4-12-15(7)2/h3-6,11,14H,1-2H3. The molecule has 0 fully saturated rings. The summed E-state index contributed by atoms with van der Waals surface area (Å²) in [4.78, 5) is 4.85. The van der Waals surface area contributed by atoms with E-state index in [1.165, 1.54) is 26.6 Å². The molecule has 0 aliphatic rings. The van der Waals surface area contributed by atoms with Gasteiger partial charge < -0.3 is 5.32 Å². The van der Waals surface area contributed by atoms with E-state index in [-0.39, 0.29) is 5.03 Å². The molecule has 3 heterocycles. The fraction of sp³-hybridized carbons (Fsp3) is 0.200. The number of nitrogens with zero attached hydrogens (tertiary/aromatic N) is 4. The van der Waals surface area contributed by atoms with Crippen molar-refractivity contribution in [2.45, 2.75) is 5.03 Å². The van der Waals surface area contributed by atoms with E-state index in [1.54, 1.807) is 31.7 Å². The second kappa shape index (κ2) is 4.49. The van der Waals surface area contributed by atoms with E-state index in [9.17, 15) is 8.42 Å². The molecule has 0 aliphatic heterocycles. The number of sulfonamides is 1. The summed E-state index contributed by atoms with van der Waals surface area (Å²) in [6.07, 6.45) is 3.19. The summed E-state index contributed by atoms with van der Waals surface area (Å²) in [5.74, 6) is 0.698. The lowest BCUT2D eigenvalue weighted by atomic mass is 10.7. The highest BCUT2D eigenvalue weighted by Crippen LogP contribution is 2.26. The van der Waals surface area contributed by atoms with E-state index in [1.807, 2.05) is 0 Å². The van der Waals surface area contributed by atoms with Gasteiger partial charge in [0, 0.05) is 31.7 Å². The van der Waals surface area contributed by atoms with Crippen molar-refractivity contribution in [3.8, 4) is 0 Å². The van der Waals surface area contributed by atoms with Crippen LogP contribution in [-0.4, -0.2) is 34.6 Å². The van der Waals surface area contributed by atoms with E-state index >= 15 is 0 Å². The third-order valence-electron chi connectivity index (χ3n) is 2.77. The molecule has 0 spiro atoms. The minimum atomic E-state index is -3.77. The van der Waals surface area contributed by atoms with Gasteiger partial charge in [-0.05, 0) is 0 Å². The van der Waals surface area contributed by atoms with E-state index in [0.29, 0.717) is 16.6 Å². The molecular formula is C10H12N6O2S2. The molecule has 0 unspecified atom stereocenters. The minimum Gasteiger partial charge on any atom is -0.371 e. The number of anilines is 2. The molecule has 0 saturated carbocycles. The first-order valence-electron chi connectivity index (χ1n) is 5.67. The second-order valence-electron chi connectivity index (χ2n) is 4.02. The van der Waals surface area contributed by atoms with E-state index in [2.05, 4.69) is 20.1 Å². The Morgan fingerprint density at radius 3 is 2.85 bits per heavy atom. The molecule has 0 radical (unpaired) electrons. The summed E-state index contributed by atoms with van der Waals surface area (Å²) in [6, 6.07) is 1.59. The summed E-state index contributed by atoms with van der Waals surface area (Å²) in [5.41, 5.74) is 0. The van der Waals surface area contributed by atoms with Crippen molar-refractivity contribution >= 4 is 38.0 Å². The summed E-state index contributed by atoms with van der Waals surface area (Å²) < 4.78 is 30.6. The molecule has 3 rings (SSSR count). The SMILES string of the molecule is CNc1nc2sccn2c1S(=O)(=O)Nc1ccnn1C. The average Bonchev–Trinajstić information content (AvgIpc) is 3.04. The zero-order valence-electron chi connectivity index (χ0n) is 10.7. The van der Waals surface area contributed by atoms with Gasteiger partial charge >= 0.3 is 0 Å². The number of nitrogens with one attached hydrogen (secondary N) is 2. The topological polar surface area (TPSA) is 93.3 Å². The molecule has 0 saturated heterocycles. The van der Waals surface area contributed by atoms with Gasteiger partial charge in [0.2, 0.25) is 5.03 Å². The lowest BCUT2D eigenvalue weighted by Gasteiger charge is -2.08. The maximum absolute atomic E-state index is 12.6. The van der Waals surface area contributed by atoms with Crippen LogP contribution in [0.4, 0.5) is 11.6 Å². The molecule has 0 atom stereocenters. The van der Waals surface area contributed by atoms with Crippen LogP contribution in [0.2, 0.25) is 0 Å². The van der Waals surface area contributed by atoms with Crippen molar-refractivity contribution < 1.29 is 8.42 Å². The van der Waals surface area contributed by atoms with Gasteiger partial charge in [0.25, 0.3) is 10.0 Å². The number of aryl methyl sites for hydroxylation is 1. The fourth-order valence-corrected chi connectivity index (χ4v) is 4.00. The van der Waals surface area contributed by atoms with Crippen molar-refractivity contribution in [1.29, 1.82) is 0 Å². The van der Waals surface area contributed by atoms with Crippen molar-refractivity contribution in [2.24, 2.45) is 7.05 Å². The van der Waals surface area contributed by atoms with Crippen LogP contribution in [0.1, 0.15) is 0 Å². The largest absolute Gasteiger partial charge is 0.371 e. The van der Waals surface area contributed by atoms with E-state index < -0.39 is 10.0 Å². The molecule has 10 heteroatoms. The molecule has 8 nitrogen and oxygen atoms in total. The first-order chi connectivity index (χ1) is 9.53. The Morgan fingerprint density at radius 1 is 1.40 bits per heavy atom. The zero-order valence-corrected chi connectivity index (χ0v) is 12.4. The highest BCUT2D eigenvalue weighted by Gasteiger charge is 2.26. The van der Waals surface area contributed by atoms with Crippen molar-refractivity contribution in [2.75, 3.05) is 17.1 Å². The molecule has 106 valence electrons. The second-order valence-corrected chi connectivity index (χ2v) is 6.49. The van der Waals surface area contributed by atoms with Crippen LogP contribution in [0, 0.1) is 0 Å². The van der Waals surface area contributed by atoms with Crippen LogP contribution >= 0.6 is 11.3 Å². The number of hydrogen-bond donors (Lipinski definition) is 2. The predicted octanol–water partition coefficient (Wildman–Crippen LogP) is 0.972. The van der Waals surface area contributed by atoms with Crippen LogP contribution in [0.25, 0.3) is 4.96 Å². The van der Waals surface area contributed by atoms with Gasteiger partial charge in [-0.25, -0.2) is 4.98 Å². The van der Waals surface area contributed by atoms with Crippen molar-refractivity contribution in [3.63, 3.8) is 0 Å². The lowest BCUT2D eigenvalue weighted by molar-refractivity contribution is 0.596. The molecule has 3 aromatic heterocycles. The number of aromatic nitrogens is 4. The van der Waals surface area contributed by atoms with Crippen molar-refractivity contribution in [3.05, 3.63) is 23.8 Å². The Labute approximate surface area is 119 Å². The van der Waals surface area contributed by atoms with Gasteiger partial charge in [0.1, 0.15) is 5.82 Å². The van der Waals surface area contributed by atoms with Crippen LogP contribution in [0.3, 0.4) is 0 Å². The van der Waals surface area contributed by atoms with Gasteiger partial charge in [-0.3, -0.25) is 13.8 Å². The van der Waals surface area contributed by atoms with E-state index in [4.69, 9.17) is 0 Å². The third kappa shape index (κ3) is 1.93. The smallest absolute Gasteiger partial charge is 0.282 e. The lowest BCUT2D eigenvalue weighted by Crippen LogP contribution is -2.18. The quantitative estimate of drug-likeness (QED) is 0.749. The highest BCUT2D eigenvalue weighted by molar-refractivity contribution is 7.92. The Kier molecular flexibility index (Phi) is 2.91. The molecule has 0 aliphatic carbocycles. The fourth-order valence-electron chi connectivity index (χ4n) is 1.84. The highest BCUT2D eigenvalue weighted by atomic mass is 32.2. The Balaban J connectivity index is 2.13. The summed E-state index contributed by atoms with van der Waals surface area (Å²) in [7, 11) is -0.473. The average molecular weight is 312 g/mol. The Morgan fingerprint density at radius 2 is 2.20 bits per heavy atom. The van der Waals surface area contributed by atoms with Crippen LogP contribution in [0.5, 0.6) is 0 Å². The molecule has 2 N–H and O–H groups in total. The Hall–Kier alpha value is -2.07. The summed E-state index contributed by atoms with van der Waals surface area (Å²) in [5, 5.41) is 8.60. The number of rotatable bonds is 4. The van der Waals surface area contributed by atoms with Gasteiger partial charge in [-0.15, -0.1) is 11.3 Å². The van der Waals surface area contributed by atoms with E-state index in [0.717, 1.165) is 0 Å². The number of fused-ring (bicyclic) bond motifs is 1. The van der Waals surface area contributed by atoms with Crippen molar-refractivity contribution in [1.82, 2.24) is 19.2 Å². The van der Waals surface area contributed by atoms with Gasteiger partial charge in [-0.1, -0.05) is 0 Å². The third-order valence-corrected chi connectivity index (χ3v) is 4.90. The van der Waals surface area contributed by atoms with Crippen LogP contribution < -0.4 is 10.0 Å². The van der Waals surface area contributed by atoms with Crippen LogP contribution in [0.15, 0.2) is 28.9 Å². The zero-order chi connectivity index (χ0) is 14.3. The monoisotopic (exact) mass is 312 g/mol. The summed E-state index contributed by atoms with van der Waals surface area (Å²) >= 11 is 1.37. The summed E-state index contributed by atoms with van der Waals surface area (Å²) in [6.45, 7) is 0.